The van der Waals surface area contributed by atoms with Gasteiger partial charge >= 0.3 is 5.84 Å². The second kappa shape index (κ2) is 3.49. The molecular weight excluding hydrogens is 200 g/mol. The van der Waals surface area contributed by atoms with Crippen molar-refractivity contribution in [2.24, 2.45) is 5.16 Å². The van der Waals surface area contributed by atoms with Gasteiger partial charge in [0.15, 0.2) is 16.8 Å². The van der Waals surface area contributed by atoms with Crippen molar-refractivity contribution in [1.82, 2.24) is 0 Å². The molecule has 0 radical (unpaired) electrons. The van der Waals surface area contributed by atoms with Crippen LogP contribution in [-0.2, 0) is 4.79 Å². The summed E-state index contributed by atoms with van der Waals surface area (Å²) >= 11 is 0. The van der Waals surface area contributed by atoms with Crippen molar-refractivity contribution in [1.29, 1.82) is 0 Å². The summed E-state index contributed by atoms with van der Waals surface area (Å²) in [4.78, 5) is 25.5. The van der Waals surface area contributed by atoms with E-state index in [0.717, 1.165) is 0 Å². The summed E-state index contributed by atoms with van der Waals surface area (Å²) in [6, 6.07) is 6.59. The second-order valence-electron chi connectivity index (χ2n) is 2.95. The van der Waals surface area contributed by atoms with Crippen LogP contribution in [-0.4, -0.2) is 17.0 Å². The Labute approximate surface area is 84.3 Å². The highest BCUT2D eigenvalue weighted by atomic mass is 16.7. The van der Waals surface area contributed by atoms with Crippen molar-refractivity contribution in [3.8, 4) is 5.75 Å². The van der Waals surface area contributed by atoms with Crippen molar-refractivity contribution in [2.45, 2.75) is 5.92 Å². The average molecular weight is 206 g/mol. The third kappa shape index (κ3) is 1.45. The Morgan fingerprint density at radius 2 is 2.20 bits per heavy atom. The molecule has 2 rings (SSSR count). The first-order valence-electron chi connectivity index (χ1n) is 4.17. The Balaban J connectivity index is 2.50. The van der Waals surface area contributed by atoms with E-state index < -0.39 is 16.7 Å². The number of nitrogens with zero attached hydrogens (tertiary/aromatic N) is 2. The molecule has 1 heterocycles. The highest BCUT2D eigenvalue weighted by Gasteiger charge is 2.35. The van der Waals surface area contributed by atoms with Crippen LogP contribution >= 0.6 is 0 Å². The Hall–Kier alpha value is -2.24. The Morgan fingerprint density at radius 1 is 1.47 bits per heavy atom. The summed E-state index contributed by atoms with van der Waals surface area (Å²) in [6.45, 7) is 0. The zero-order valence-electron chi connectivity index (χ0n) is 7.49. The summed E-state index contributed by atoms with van der Waals surface area (Å²) in [5.41, 5.74) is 0.467. The van der Waals surface area contributed by atoms with Crippen molar-refractivity contribution in [3.63, 3.8) is 0 Å². The SMILES string of the molecule is O=CC1C([N+](=O)[O-])=NOc2ccccc21. The van der Waals surface area contributed by atoms with Gasteiger partial charge in [-0.1, -0.05) is 18.2 Å². The number of carbonyl (C=O) groups excluding carboxylic acids is 1. The van der Waals surface area contributed by atoms with Gasteiger partial charge in [0.05, 0.1) is 0 Å². The highest BCUT2D eigenvalue weighted by molar-refractivity contribution is 5.97. The standard InChI is InChI=1S/C9H6N2O4/c12-5-7-6-3-1-2-4-8(6)15-10-9(7)11(13)14/h1-5,7H. The minimum atomic E-state index is -0.954. The maximum atomic E-state index is 10.8. The molecule has 0 amide bonds. The number of nitro groups is 1. The molecule has 1 unspecified atom stereocenters. The normalized spacial score (nSPS) is 18.4. The predicted octanol–water partition coefficient (Wildman–Crippen LogP) is 0.952. The van der Waals surface area contributed by atoms with Crippen LogP contribution in [0, 0.1) is 10.1 Å². The van der Waals surface area contributed by atoms with Gasteiger partial charge in [-0.3, -0.25) is 4.84 Å². The van der Waals surface area contributed by atoms with E-state index in [0.29, 0.717) is 17.6 Å². The lowest BCUT2D eigenvalue weighted by molar-refractivity contribution is -0.356. The van der Waals surface area contributed by atoms with Gasteiger partial charge < -0.3 is 14.9 Å². The lowest BCUT2D eigenvalue weighted by atomic mass is 9.98. The van der Waals surface area contributed by atoms with E-state index >= 15 is 0 Å². The van der Waals surface area contributed by atoms with Crippen LogP contribution in [0.1, 0.15) is 11.5 Å². The Morgan fingerprint density at radius 3 is 2.87 bits per heavy atom. The molecule has 0 N–H and O–H groups in total. The smallest absolute Gasteiger partial charge is 0.358 e. The van der Waals surface area contributed by atoms with Gasteiger partial charge in [0, 0.05) is 5.56 Å². The molecule has 6 nitrogen and oxygen atoms in total. The molecule has 0 bridgehead atoms. The van der Waals surface area contributed by atoms with E-state index in [1.165, 1.54) is 0 Å². The molecule has 0 saturated heterocycles. The van der Waals surface area contributed by atoms with E-state index in [2.05, 4.69) is 5.16 Å². The molecule has 6 heteroatoms. The number of rotatable bonds is 1. The molecule has 1 aromatic carbocycles. The number of carbonyl (C=O) groups is 1. The fourth-order valence-corrected chi connectivity index (χ4v) is 1.39. The zero-order chi connectivity index (χ0) is 10.8. The van der Waals surface area contributed by atoms with Crippen LogP contribution in [0.2, 0.25) is 0 Å². The molecule has 0 saturated carbocycles. The van der Waals surface area contributed by atoms with Gasteiger partial charge in [0.25, 0.3) is 0 Å². The third-order valence-electron chi connectivity index (χ3n) is 2.09. The van der Waals surface area contributed by atoms with Crippen molar-refractivity contribution in [2.75, 3.05) is 0 Å². The number of oxime groups is 1. The van der Waals surface area contributed by atoms with Gasteiger partial charge in [-0.25, -0.2) is 0 Å². The number of para-hydroxylation sites is 1. The number of aldehydes is 1. The minimum absolute atomic E-state index is 0.375. The van der Waals surface area contributed by atoms with Crippen molar-refractivity contribution < 1.29 is 14.6 Å². The van der Waals surface area contributed by atoms with E-state index in [1.807, 2.05) is 0 Å². The lowest BCUT2D eigenvalue weighted by Crippen LogP contribution is -2.26. The maximum Gasteiger partial charge on any atom is 0.400 e. The predicted molar refractivity (Wildman–Crippen MR) is 50.3 cm³/mol. The van der Waals surface area contributed by atoms with Crippen LogP contribution in [0.15, 0.2) is 29.4 Å². The molecule has 1 aliphatic heterocycles. The zero-order valence-corrected chi connectivity index (χ0v) is 7.49. The molecule has 1 aromatic rings. The van der Waals surface area contributed by atoms with Gasteiger partial charge in [-0.2, -0.15) is 0 Å². The molecule has 15 heavy (non-hydrogen) atoms. The fraction of sp³-hybridized carbons (Fsp3) is 0.111. The highest BCUT2D eigenvalue weighted by Crippen LogP contribution is 2.30. The molecule has 1 aliphatic rings. The Kier molecular flexibility index (Phi) is 2.17. The van der Waals surface area contributed by atoms with Gasteiger partial charge in [0.1, 0.15) is 6.29 Å². The van der Waals surface area contributed by atoms with Gasteiger partial charge in [-0.05, 0) is 11.0 Å². The third-order valence-corrected chi connectivity index (χ3v) is 2.09. The van der Waals surface area contributed by atoms with E-state index in [-0.39, 0.29) is 0 Å². The van der Waals surface area contributed by atoms with Crippen molar-refractivity contribution in [3.05, 3.63) is 39.9 Å². The molecular formula is C9H6N2O4. The van der Waals surface area contributed by atoms with Crippen LogP contribution in [0.5, 0.6) is 5.75 Å². The first-order chi connectivity index (χ1) is 7.24. The maximum absolute atomic E-state index is 10.8. The summed E-state index contributed by atoms with van der Waals surface area (Å²) in [5, 5.41) is 13.9. The summed E-state index contributed by atoms with van der Waals surface area (Å²) in [5.74, 6) is -1.06. The average Bonchev–Trinajstić information content (AvgIpc) is 2.27. The monoisotopic (exact) mass is 206 g/mol. The van der Waals surface area contributed by atoms with Crippen LogP contribution in [0.3, 0.4) is 0 Å². The van der Waals surface area contributed by atoms with E-state index in [1.54, 1.807) is 24.3 Å². The van der Waals surface area contributed by atoms with Crippen LogP contribution in [0.4, 0.5) is 0 Å². The first kappa shape index (κ1) is 9.32. The molecule has 0 fully saturated rings. The number of hydrogen-bond acceptors (Lipinski definition) is 5. The molecule has 1 atom stereocenters. The van der Waals surface area contributed by atoms with Gasteiger partial charge in [0.2, 0.25) is 0 Å². The number of hydrogen-bond donors (Lipinski definition) is 0. The molecule has 0 aromatic heterocycles. The number of amidine groups is 1. The van der Waals surface area contributed by atoms with E-state index in [9.17, 15) is 14.9 Å². The summed E-state index contributed by atoms with van der Waals surface area (Å²) in [6.07, 6.45) is 0.489. The number of benzene rings is 1. The molecule has 0 aliphatic carbocycles. The van der Waals surface area contributed by atoms with Crippen molar-refractivity contribution >= 4 is 12.1 Å². The molecule has 76 valence electrons. The Bertz CT molecular complexity index is 455. The lowest BCUT2D eigenvalue weighted by Gasteiger charge is -2.12. The molecule has 0 spiro atoms. The second-order valence-corrected chi connectivity index (χ2v) is 2.95. The van der Waals surface area contributed by atoms with E-state index in [4.69, 9.17) is 4.84 Å². The largest absolute Gasteiger partial charge is 0.400 e. The first-order valence-corrected chi connectivity index (χ1v) is 4.17. The van der Waals surface area contributed by atoms with Crippen LogP contribution in [0.25, 0.3) is 0 Å². The summed E-state index contributed by atoms with van der Waals surface area (Å²) in [7, 11) is 0. The van der Waals surface area contributed by atoms with Crippen LogP contribution < -0.4 is 4.84 Å². The quantitative estimate of drug-likeness (QED) is 0.389. The fourth-order valence-electron chi connectivity index (χ4n) is 1.39. The summed E-state index contributed by atoms with van der Waals surface area (Å²) < 4.78 is 0. The van der Waals surface area contributed by atoms with Gasteiger partial charge in [-0.15, -0.1) is 0 Å². The minimum Gasteiger partial charge on any atom is -0.358 e. The topological polar surface area (TPSA) is 81.8 Å². The number of fused-ring (bicyclic) bond motifs is 1.